The van der Waals surface area contributed by atoms with Gasteiger partial charge in [0.05, 0.1) is 10.8 Å². The van der Waals surface area contributed by atoms with Gasteiger partial charge in [-0.2, -0.15) is 5.26 Å². The number of nitrogens with zero attached hydrogens (tertiary/aromatic N) is 3. The van der Waals surface area contributed by atoms with Gasteiger partial charge in [0.25, 0.3) is 11.8 Å². The Hall–Kier alpha value is -5.54. The lowest BCUT2D eigenvalue weighted by atomic mass is 10.0. The topological polar surface area (TPSA) is 127 Å². The number of hydrogen-bond acceptors (Lipinski definition) is 8. The number of rotatable bonds is 11. The Bertz CT molecular complexity index is 2060. The summed E-state index contributed by atoms with van der Waals surface area (Å²) in [6, 6.07) is 32.0. The number of fused-ring (bicyclic) bond motifs is 1. The number of anilines is 2. The third-order valence-corrected chi connectivity index (χ3v) is 10.3. The summed E-state index contributed by atoms with van der Waals surface area (Å²) < 4.78 is 0. The fourth-order valence-corrected chi connectivity index (χ4v) is 7.70. The number of benzene rings is 3. The van der Waals surface area contributed by atoms with E-state index >= 15 is 0 Å². The maximum atomic E-state index is 13.5. The van der Waals surface area contributed by atoms with Crippen LogP contribution in [0.25, 0.3) is 6.08 Å². The Labute approximate surface area is 299 Å². The van der Waals surface area contributed by atoms with Crippen LogP contribution in [0.1, 0.15) is 44.4 Å². The van der Waals surface area contributed by atoms with Crippen LogP contribution in [-0.4, -0.2) is 39.4 Å². The Morgan fingerprint density at radius 1 is 1.00 bits per heavy atom. The molecule has 250 valence electrons. The maximum Gasteiger partial charge on any atom is 0.272 e. The predicted octanol–water partition coefficient (Wildman–Crippen LogP) is 7.10. The first-order valence-corrected chi connectivity index (χ1v) is 17.7. The van der Waals surface area contributed by atoms with Gasteiger partial charge in [0.1, 0.15) is 16.8 Å². The molecule has 0 fully saturated rings. The van der Waals surface area contributed by atoms with E-state index in [9.17, 15) is 19.6 Å². The highest BCUT2D eigenvalue weighted by atomic mass is 32.2. The van der Waals surface area contributed by atoms with Gasteiger partial charge in [0.15, 0.2) is 0 Å². The molecule has 3 N–H and O–H groups in total. The fraction of sp³-hybridized carbons (Fsp3) is 0.154. The molecular weight excluding hydrogens is 665 g/mol. The summed E-state index contributed by atoms with van der Waals surface area (Å²) in [6.07, 6.45) is 5.54. The lowest BCUT2D eigenvalue weighted by Gasteiger charge is -2.26. The van der Waals surface area contributed by atoms with Crippen molar-refractivity contribution in [2.24, 2.45) is 0 Å². The molecule has 0 bridgehead atoms. The number of aromatic nitrogens is 1. The van der Waals surface area contributed by atoms with Crippen LogP contribution in [0.3, 0.4) is 0 Å². The highest BCUT2D eigenvalue weighted by molar-refractivity contribution is 8.00. The van der Waals surface area contributed by atoms with Gasteiger partial charge in [0.2, 0.25) is 5.91 Å². The number of carbonyl (C=O) groups is 3. The first-order chi connectivity index (χ1) is 24.4. The van der Waals surface area contributed by atoms with E-state index in [0.717, 1.165) is 41.4 Å². The number of nitriles is 1. The monoisotopic (exact) mass is 698 g/mol. The zero-order chi connectivity index (χ0) is 34.9. The van der Waals surface area contributed by atoms with Crippen LogP contribution in [0, 0.1) is 11.3 Å². The molecule has 0 saturated heterocycles. The number of thiophene rings is 1. The average Bonchev–Trinajstić information content (AvgIpc) is 3.48. The Morgan fingerprint density at radius 3 is 2.52 bits per heavy atom. The summed E-state index contributed by atoms with van der Waals surface area (Å²) in [5.41, 5.74) is 4.42. The summed E-state index contributed by atoms with van der Waals surface area (Å²) in [4.78, 5) is 48.1. The first-order valence-electron chi connectivity index (χ1n) is 16.0. The molecule has 0 aliphatic carbocycles. The van der Waals surface area contributed by atoms with Crippen molar-refractivity contribution in [2.75, 3.05) is 17.2 Å². The maximum absolute atomic E-state index is 13.5. The number of hydrogen-bond donors (Lipinski definition) is 3. The van der Waals surface area contributed by atoms with Crippen molar-refractivity contribution in [3.05, 3.63) is 148 Å². The van der Waals surface area contributed by atoms with E-state index in [1.807, 2.05) is 30.3 Å². The molecule has 3 aromatic carbocycles. The predicted molar refractivity (Wildman–Crippen MR) is 198 cm³/mol. The third kappa shape index (κ3) is 8.73. The molecule has 9 nitrogen and oxygen atoms in total. The summed E-state index contributed by atoms with van der Waals surface area (Å²) in [7, 11) is 0. The number of carbonyl (C=O) groups excluding carboxylic acids is 3. The lowest BCUT2D eigenvalue weighted by molar-refractivity contribution is -0.115. The molecule has 3 heterocycles. The second-order valence-corrected chi connectivity index (χ2v) is 14.2. The van der Waals surface area contributed by atoms with E-state index in [4.69, 9.17) is 0 Å². The molecule has 1 atom stereocenters. The van der Waals surface area contributed by atoms with Gasteiger partial charge in [0, 0.05) is 53.1 Å². The van der Waals surface area contributed by atoms with Gasteiger partial charge in [-0.05, 0) is 72.5 Å². The van der Waals surface area contributed by atoms with Crippen LogP contribution in [-0.2, 0) is 29.1 Å². The molecule has 0 saturated carbocycles. The van der Waals surface area contributed by atoms with Gasteiger partial charge in [-0.15, -0.1) is 23.1 Å². The molecule has 5 aromatic rings. The van der Waals surface area contributed by atoms with E-state index < -0.39 is 17.1 Å². The first kappa shape index (κ1) is 34.3. The van der Waals surface area contributed by atoms with Gasteiger partial charge >= 0.3 is 0 Å². The second kappa shape index (κ2) is 16.2. The summed E-state index contributed by atoms with van der Waals surface area (Å²) in [5, 5.41) is 18.7. The molecule has 1 aliphatic rings. The number of amides is 3. The average molecular weight is 699 g/mol. The normalized spacial score (nSPS) is 13.4. The Kier molecular flexibility index (Phi) is 11.1. The van der Waals surface area contributed by atoms with Crippen molar-refractivity contribution in [3.63, 3.8) is 0 Å². The van der Waals surface area contributed by atoms with Crippen LogP contribution < -0.4 is 16.0 Å². The van der Waals surface area contributed by atoms with E-state index in [1.165, 1.54) is 28.7 Å². The van der Waals surface area contributed by atoms with E-state index in [2.05, 4.69) is 44.0 Å². The molecule has 6 rings (SSSR count). The van der Waals surface area contributed by atoms with Crippen molar-refractivity contribution >= 4 is 57.6 Å². The molecule has 11 heteroatoms. The van der Waals surface area contributed by atoms with Crippen LogP contribution in [0.4, 0.5) is 10.7 Å². The van der Waals surface area contributed by atoms with Crippen LogP contribution in [0.15, 0.2) is 120 Å². The van der Waals surface area contributed by atoms with Crippen LogP contribution >= 0.6 is 23.1 Å². The zero-order valence-corrected chi connectivity index (χ0v) is 28.9. The van der Waals surface area contributed by atoms with Gasteiger partial charge < -0.3 is 16.0 Å². The molecule has 2 aromatic heterocycles. The highest BCUT2D eigenvalue weighted by Crippen LogP contribution is 2.37. The number of pyridine rings is 1. The fourth-order valence-electron chi connectivity index (χ4n) is 5.53. The third-order valence-electron chi connectivity index (χ3n) is 8.03. The summed E-state index contributed by atoms with van der Waals surface area (Å²) in [6.45, 7) is 4.22. The largest absolute Gasteiger partial charge is 0.321 e. The smallest absolute Gasteiger partial charge is 0.272 e. The standard InChI is InChI=1S/C39H34N6O3S2/c1-26(36(46)44-39-33(22-40)32-17-19-45(25-35(32)50-39)24-27-10-4-2-5-11-27)49-31-16-8-15-30(21-31)42-38(48)34(20-28-12-9-18-41-23-28)43-37(47)29-13-6-3-7-14-29/h2-16,18,20-21,23,26H,17,19,24-25H2,1H3,(H,42,48)(H,43,47)(H,44,46)/b34-20-. The SMILES string of the molecule is CC(Sc1cccc(NC(=O)/C(=C/c2cccnc2)NC(=O)c2ccccc2)c1)C(=O)Nc1sc2c(c1C#N)CCN(Cc1ccccc1)C2. The Balaban J connectivity index is 1.10. The molecule has 0 spiro atoms. The quantitative estimate of drug-likeness (QED) is 0.0992. The molecular formula is C39H34N6O3S2. The summed E-state index contributed by atoms with van der Waals surface area (Å²) in [5.74, 6) is -1.15. The lowest BCUT2D eigenvalue weighted by Crippen LogP contribution is -2.30. The molecule has 0 radical (unpaired) electrons. The van der Waals surface area contributed by atoms with E-state index in [1.54, 1.807) is 80.0 Å². The van der Waals surface area contributed by atoms with Crippen LogP contribution in [0.5, 0.6) is 0 Å². The number of thioether (sulfide) groups is 1. The van der Waals surface area contributed by atoms with Gasteiger partial charge in [-0.25, -0.2) is 0 Å². The molecule has 1 unspecified atom stereocenters. The number of nitrogens with one attached hydrogen (secondary N) is 3. The Morgan fingerprint density at radius 2 is 1.78 bits per heavy atom. The molecule has 3 amide bonds. The van der Waals surface area contributed by atoms with Gasteiger partial charge in [-0.3, -0.25) is 24.3 Å². The van der Waals surface area contributed by atoms with E-state index in [0.29, 0.717) is 27.4 Å². The minimum absolute atomic E-state index is 0.0489. The minimum atomic E-state index is -0.515. The van der Waals surface area contributed by atoms with Crippen molar-refractivity contribution in [1.82, 2.24) is 15.2 Å². The molecule has 1 aliphatic heterocycles. The minimum Gasteiger partial charge on any atom is -0.321 e. The second-order valence-electron chi connectivity index (χ2n) is 11.7. The highest BCUT2D eigenvalue weighted by Gasteiger charge is 2.26. The van der Waals surface area contributed by atoms with Crippen molar-refractivity contribution in [3.8, 4) is 6.07 Å². The van der Waals surface area contributed by atoms with Crippen molar-refractivity contribution in [2.45, 2.75) is 36.6 Å². The zero-order valence-electron chi connectivity index (χ0n) is 27.3. The van der Waals surface area contributed by atoms with Crippen molar-refractivity contribution in [1.29, 1.82) is 5.26 Å². The van der Waals surface area contributed by atoms with Gasteiger partial charge in [-0.1, -0.05) is 60.7 Å². The van der Waals surface area contributed by atoms with E-state index in [-0.39, 0.29) is 11.6 Å². The summed E-state index contributed by atoms with van der Waals surface area (Å²) >= 11 is 2.81. The van der Waals surface area contributed by atoms with Crippen molar-refractivity contribution < 1.29 is 14.4 Å². The van der Waals surface area contributed by atoms with Crippen LogP contribution in [0.2, 0.25) is 0 Å². The molecule has 50 heavy (non-hydrogen) atoms.